The average Bonchev–Trinajstić information content (AvgIpc) is 3.21. The summed E-state index contributed by atoms with van der Waals surface area (Å²) in [7, 11) is 1.55. The van der Waals surface area contributed by atoms with E-state index in [-0.39, 0.29) is 24.1 Å². The van der Waals surface area contributed by atoms with Gasteiger partial charge in [0.2, 0.25) is 5.91 Å². The first-order chi connectivity index (χ1) is 15.9. The molecule has 2 aromatic heterocycles. The van der Waals surface area contributed by atoms with Gasteiger partial charge in [0.05, 0.1) is 17.9 Å². The molecule has 0 spiro atoms. The molecule has 0 atom stereocenters. The van der Waals surface area contributed by atoms with E-state index >= 15 is 0 Å². The summed E-state index contributed by atoms with van der Waals surface area (Å²) in [6.07, 6.45) is 1.67. The van der Waals surface area contributed by atoms with E-state index in [2.05, 4.69) is 20.6 Å². The quantitative estimate of drug-likeness (QED) is 0.494. The minimum Gasteiger partial charge on any atom is -0.331 e. The van der Waals surface area contributed by atoms with E-state index in [1.165, 1.54) is 4.90 Å². The molecule has 0 aliphatic heterocycles. The Hall–Kier alpha value is -4.33. The number of nitrogens with zero attached hydrogens (tertiary/aromatic N) is 5. The fraction of sp³-hybridized carbons (Fsp3) is 0.160. The van der Waals surface area contributed by atoms with Gasteiger partial charge in [-0.05, 0) is 48.7 Å². The molecule has 0 aliphatic rings. The fourth-order valence-corrected chi connectivity index (χ4v) is 3.39. The zero-order chi connectivity index (χ0) is 23.4. The van der Waals surface area contributed by atoms with Gasteiger partial charge in [0.1, 0.15) is 5.82 Å². The third-order valence-corrected chi connectivity index (χ3v) is 5.22. The second-order valence-corrected chi connectivity index (χ2v) is 7.78. The normalized spacial score (nSPS) is 10.6. The molecule has 166 valence electrons. The zero-order valence-corrected chi connectivity index (χ0v) is 18.7. The number of hydrogen-bond acceptors (Lipinski definition) is 5. The monoisotopic (exact) mass is 440 g/mol. The third-order valence-electron chi connectivity index (χ3n) is 5.22. The molecule has 0 saturated carbocycles. The van der Waals surface area contributed by atoms with Crippen LogP contribution in [-0.2, 0) is 4.79 Å². The Morgan fingerprint density at radius 3 is 2.30 bits per heavy atom. The molecule has 2 amide bonds. The lowest BCUT2D eigenvalue weighted by Gasteiger charge is -2.15. The lowest BCUT2D eigenvalue weighted by Crippen LogP contribution is -2.35. The molecule has 4 aromatic rings. The molecule has 0 aliphatic carbocycles. The van der Waals surface area contributed by atoms with Gasteiger partial charge in [0.25, 0.3) is 5.91 Å². The molecule has 8 nitrogen and oxygen atoms in total. The van der Waals surface area contributed by atoms with Gasteiger partial charge in [0.15, 0.2) is 5.69 Å². The van der Waals surface area contributed by atoms with Crippen molar-refractivity contribution < 1.29 is 9.59 Å². The lowest BCUT2D eigenvalue weighted by atomic mass is 10.1. The van der Waals surface area contributed by atoms with Gasteiger partial charge in [-0.3, -0.25) is 9.59 Å². The summed E-state index contributed by atoms with van der Waals surface area (Å²) in [6.45, 7) is 3.56. The van der Waals surface area contributed by atoms with Crippen molar-refractivity contribution in [2.24, 2.45) is 0 Å². The topological polar surface area (TPSA) is 93.0 Å². The zero-order valence-electron chi connectivity index (χ0n) is 18.7. The van der Waals surface area contributed by atoms with Crippen LogP contribution < -0.4 is 5.32 Å². The molecular weight excluding hydrogens is 416 g/mol. The second kappa shape index (κ2) is 9.44. The van der Waals surface area contributed by atoms with Crippen molar-refractivity contribution in [2.45, 2.75) is 13.8 Å². The first-order valence-corrected chi connectivity index (χ1v) is 10.5. The summed E-state index contributed by atoms with van der Waals surface area (Å²) in [4.78, 5) is 30.7. The van der Waals surface area contributed by atoms with Crippen LogP contribution in [0.4, 0.5) is 5.82 Å². The molecule has 0 bridgehead atoms. The summed E-state index contributed by atoms with van der Waals surface area (Å²) in [5, 5.41) is 10.9. The highest BCUT2D eigenvalue weighted by Crippen LogP contribution is 2.21. The predicted molar refractivity (Wildman–Crippen MR) is 126 cm³/mol. The summed E-state index contributed by atoms with van der Waals surface area (Å²) in [5.74, 6) is -0.289. The number of carbonyl (C=O) groups is 2. The van der Waals surface area contributed by atoms with Crippen LogP contribution in [0, 0.1) is 13.8 Å². The van der Waals surface area contributed by atoms with Crippen LogP contribution in [0.15, 0.2) is 72.9 Å². The number of aromatic nitrogens is 4. The Bertz CT molecular complexity index is 1260. The molecule has 0 unspecified atom stereocenters. The van der Waals surface area contributed by atoms with Crippen molar-refractivity contribution in [1.82, 2.24) is 24.9 Å². The number of pyridine rings is 1. The van der Waals surface area contributed by atoms with Crippen LogP contribution in [-0.4, -0.2) is 50.3 Å². The number of likely N-dealkylation sites (N-methyl/N-ethyl adjacent to an activating group) is 1. The minimum atomic E-state index is -0.383. The Labute approximate surface area is 191 Å². The van der Waals surface area contributed by atoms with Crippen molar-refractivity contribution >= 4 is 17.6 Å². The summed E-state index contributed by atoms with van der Waals surface area (Å²) in [5.41, 5.74) is 4.79. The third kappa shape index (κ3) is 4.95. The first kappa shape index (κ1) is 21.9. The molecular formula is C25H24N6O2. The number of carbonyl (C=O) groups excluding carboxylic acids is 2. The predicted octanol–water partition coefficient (Wildman–Crippen LogP) is 3.66. The van der Waals surface area contributed by atoms with Crippen LogP contribution in [0.1, 0.15) is 21.7 Å². The van der Waals surface area contributed by atoms with E-state index < -0.39 is 0 Å². The van der Waals surface area contributed by atoms with Crippen LogP contribution >= 0.6 is 0 Å². The van der Waals surface area contributed by atoms with Gasteiger partial charge in [-0.15, -0.1) is 5.10 Å². The maximum absolute atomic E-state index is 12.9. The summed E-state index contributed by atoms with van der Waals surface area (Å²) in [6, 6.07) is 21.5. The van der Waals surface area contributed by atoms with Crippen molar-refractivity contribution in [3.05, 3.63) is 89.9 Å². The highest BCUT2D eigenvalue weighted by molar-refractivity contribution is 5.98. The number of rotatable bonds is 6. The van der Waals surface area contributed by atoms with Crippen LogP contribution in [0.3, 0.4) is 0 Å². The van der Waals surface area contributed by atoms with Crippen LogP contribution in [0.5, 0.6) is 0 Å². The molecule has 1 N–H and O–H groups in total. The summed E-state index contributed by atoms with van der Waals surface area (Å²) >= 11 is 0. The second-order valence-electron chi connectivity index (χ2n) is 7.78. The van der Waals surface area contributed by atoms with Gasteiger partial charge in [-0.25, -0.2) is 9.67 Å². The number of benzene rings is 2. The Morgan fingerprint density at radius 1 is 0.939 bits per heavy atom. The van der Waals surface area contributed by atoms with E-state index in [0.29, 0.717) is 11.5 Å². The highest BCUT2D eigenvalue weighted by atomic mass is 16.2. The van der Waals surface area contributed by atoms with Crippen molar-refractivity contribution in [3.8, 4) is 16.8 Å². The van der Waals surface area contributed by atoms with Crippen LogP contribution in [0.25, 0.3) is 16.8 Å². The number of aryl methyl sites for hydroxylation is 1. The Balaban J connectivity index is 1.44. The number of anilines is 1. The first-order valence-electron chi connectivity index (χ1n) is 10.5. The molecule has 0 saturated heterocycles. The van der Waals surface area contributed by atoms with Gasteiger partial charge >= 0.3 is 0 Å². The van der Waals surface area contributed by atoms with E-state index in [4.69, 9.17) is 0 Å². The molecule has 4 rings (SSSR count). The molecule has 0 fully saturated rings. The largest absolute Gasteiger partial charge is 0.331 e. The average molecular weight is 441 g/mol. The Kier molecular flexibility index (Phi) is 6.26. The van der Waals surface area contributed by atoms with Crippen LogP contribution in [0.2, 0.25) is 0 Å². The van der Waals surface area contributed by atoms with Crippen molar-refractivity contribution in [2.75, 3.05) is 18.9 Å². The Morgan fingerprint density at radius 2 is 1.64 bits per heavy atom. The smallest absolute Gasteiger partial charge is 0.276 e. The van der Waals surface area contributed by atoms with Gasteiger partial charge in [-0.1, -0.05) is 53.7 Å². The van der Waals surface area contributed by atoms with Gasteiger partial charge in [0, 0.05) is 13.2 Å². The maximum Gasteiger partial charge on any atom is 0.276 e. The molecule has 0 radical (unpaired) electrons. The van der Waals surface area contributed by atoms with E-state index in [1.54, 1.807) is 30.9 Å². The molecule has 33 heavy (non-hydrogen) atoms. The standard InChI is InChI=1S/C25H24N6O2/c1-17-9-14-22(26-15-17)27-23(32)16-30(3)25(33)24-18(2)31(29-28-24)21-12-10-20(11-13-21)19-7-5-4-6-8-19/h4-15H,16H2,1-3H3,(H,26,27,32). The minimum absolute atomic E-state index is 0.132. The fourth-order valence-electron chi connectivity index (χ4n) is 3.39. The summed E-state index contributed by atoms with van der Waals surface area (Å²) < 4.78 is 1.62. The molecule has 2 aromatic carbocycles. The number of nitrogens with one attached hydrogen (secondary N) is 1. The maximum atomic E-state index is 12.9. The highest BCUT2D eigenvalue weighted by Gasteiger charge is 2.22. The van der Waals surface area contributed by atoms with E-state index in [0.717, 1.165) is 22.4 Å². The van der Waals surface area contributed by atoms with Gasteiger partial charge < -0.3 is 10.2 Å². The van der Waals surface area contributed by atoms with Crippen molar-refractivity contribution in [1.29, 1.82) is 0 Å². The van der Waals surface area contributed by atoms with Gasteiger partial charge in [-0.2, -0.15) is 0 Å². The number of amides is 2. The molecule has 2 heterocycles. The molecule has 8 heteroatoms. The van der Waals surface area contributed by atoms with E-state index in [9.17, 15) is 9.59 Å². The number of hydrogen-bond donors (Lipinski definition) is 1. The lowest BCUT2D eigenvalue weighted by molar-refractivity contribution is -0.116. The van der Waals surface area contributed by atoms with Crippen molar-refractivity contribution in [3.63, 3.8) is 0 Å². The van der Waals surface area contributed by atoms with E-state index in [1.807, 2.05) is 67.6 Å². The SMILES string of the molecule is Cc1ccc(NC(=O)CN(C)C(=O)c2nnn(-c3ccc(-c4ccccc4)cc3)c2C)nc1.